The van der Waals surface area contributed by atoms with Crippen LogP contribution in [0, 0.1) is 6.92 Å². The molecule has 130 valence electrons. The maximum absolute atomic E-state index is 12.2. The molecule has 2 aromatic rings. The molecule has 1 aliphatic heterocycles. The highest BCUT2D eigenvalue weighted by atomic mass is 16.5. The number of carbonyl (C=O) groups excluding carboxylic acids is 2. The lowest BCUT2D eigenvalue weighted by atomic mass is 10.1. The Hall–Kier alpha value is -2.82. The van der Waals surface area contributed by atoms with Crippen LogP contribution in [0.3, 0.4) is 0 Å². The smallest absolute Gasteiger partial charge is 0.267 e. The lowest BCUT2D eigenvalue weighted by Gasteiger charge is -2.30. The fourth-order valence-corrected chi connectivity index (χ4v) is 2.94. The quantitative estimate of drug-likeness (QED) is 0.930. The van der Waals surface area contributed by atoms with Crippen LogP contribution in [0.4, 0.5) is 11.4 Å². The zero-order chi connectivity index (χ0) is 18.0. The van der Waals surface area contributed by atoms with E-state index in [9.17, 15) is 9.59 Å². The van der Waals surface area contributed by atoms with Crippen LogP contribution in [-0.4, -0.2) is 25.0 Å². The molecule has 0 saturated carbocycles. The molecule has 0 bridgehead atoms. The molecule has 0 aliphatic carbocycles. The minimum atomic E-state index is -0.493. The first-order valence-electron chi connectivity index (χ1n) is 8.38. The Morgan fingerprint density at radius 3 is 2.80 bits per heavy atom. The number of aryl methyl sites for hydroxylation is 2. The molecule has 5 nitrogen and oxygen atoms in total. The number of hydrogen-bond donors (Lipinski definition) is 1. The molecule has 1 aliphatic rings. The van der Waals surface area contributed by atoms with Gasteiger partial charge in [0.1, 0.15) is 5.75 Å². The van der Waals surface area contributed by atoms with Crippen molar-refractivity contribution < 1.29 is 14.3 Å². The minimum Gasteiger partial charge on any atom is -0.479 e. The highest BCUT2D eigenvalue weighted by molar-refractivity contribution is 6.00. The predicted octanol–water partition coefficient (Wildman–Crippen LogP) is 3.31. The van der Waals surface area contributed by atoms with Gasteiger partial charge in [-0.3, -0.25) is 9.59 Å². The van der Waals surface area contributed by atoms with E-state index in [0.717, 1.165) is 5.56 Å². The third kappa shape index (κ3) is 3.82. The van der Waals surface area contributed by atoms with E-state index >= 15 is 0 Å². The number of nitrogens with one attached hydrogen (secondary N) is 1. The topological polar surface area (TPSA) is 58.6 Å². The van der Waals surface area contributed by atoms with Gasteiger partial charge in [0, 0.05) is 19.2 Å². The first-order chi connectivity index (χ1) is 11.9. The van der Waals surface area contributed by atoms with E-state index in [2.05, 4.69) is 11.4 Å². The normalized spacial score (nSPS) is 16.2. The summed E-state index contributed by atoms with van der Waals surface area (Å²) in [7, 11) is 1.71. The average Bonchev–Trinajstić information content (AvgIpc) is 2.59. The van der Waals surface area contributed by atoms with Crippen LogP contribution in [0.25, 0.3) is 0 Å². The molecule has 5 heteroatoms. The molecule has 0 saturated heterocycles. The van der Waals surface area contributed by atoms with Crippen molar-refractivity contribution in [3.8, 4) is 5.75 Å². The molecule has 1 atom stereocenters. The number of rotatable bonds is 4. The minimum absolute atomic E-state index is 0.0551. The molecule has 3 rings (SSSR count). The molecular formula is C20H22N2O3. The molecule has 1 unspecified atom stereocenters. The summed E-state index contributed by atoms with van der Waals surface area (Å²) >= 11 is 0. The Morgan fingerprint density at radius 1 is 1.24 bits per heavy atom. The number of amides is 2. The number of ether oxygens (including phenoxy) is 1. The molecular weight excluding hydrogens is 316 g/mol. The van der Waals surface area contributed by atoms with E-state index < -0.39 is 6.10 Å². The molecule has 0 radical (unpaired) electrons. The third-order valence-electron chi connectivity index (χ3n) is 4.31. The Balaban J connectivity index is 1.65. The standard InChI is InChI=1S/C20H22N2O3/c1-13-5-4-6-15(11-13)7-10-19(23)21-16-8-9-18-17(12-16)22(3)20(24)14(2)25-18/h4-6,8-9,11-12,14H,7,10H2,1-3H3,(H,21,23). The van der Waals surface area contributed by atoms with Crippen molar-refractivity contribution in [2.75, 3.05) is 17.3 Å². The molecule has 25 heavy (non-hydrogen) atoms. The summed E-state index contributed by atoms with van der Waals surface area (Å²) in [6.45, 7) is 3.76. The van der Waals surface area contributed by atoms with Gasteiger partial charge in [0.05, 0.1) is 5.69 Å². The van der Waals surface area contributed by atoms with Gasteiger partial charge in [0.25, 0.3) is 5.91 Å². The van der Waals surface area contributed by atoms with Crippen LogP contribution >= 0.6 is 0 Å². The van der Waals surface area contributed by atoms with E-state index in [4.69, 9.17) is 4.74 Å². The monoisotopic (exact) mass is 338 g/mol. The number of likely N-dealkylation sites (N-methyl/N-ethyl adjacent to an activating group) is 1. The van der Waals surface area contributed by atoms with E-state index in [1.165, 1.54) is 5.56 Å². The maximum atomic E-state index is 12.2. The second kappa shape index (κ2) is 6.97. The van der Waals surface area contributed by atoms with Crippen molar-refractivity contribution in [2.45, 2.75) is 32.8 Å². The van der Waals surface area contributed by atoms with Gasteiger partial charge >= 0.3 is 0 Å². The maximum Gasteiger partial charge on any atom is 0.267 e. The van der Waals surface area contributed by atoms with Gasteiger partial charge in [-0.15, -0.1) is 0 Å². The Kier molecular flexibility index (Phi) is 4.74. The summed E-state index contributed by atoms with van der Waals surface area (Å²) in [4.78, 5) is 25.8. The lowest BCUT2D eigenvalue weighted by Crippen LogP contribution is -2.41. The van der Waals surface area contributed by atoms with Crippen molar-refractivity contribution in [3.63, 3.8) is 0 Å². The number of nitrogens with zero attached hydrogens (tertiary/aromatic N) is 1. The summed E-state index contributed by atoms with van der Waals surface area (Å²) in [5, 5.41) is 2.89. The summed E-state index contributed by atoms with van der Waals surface area (Å²) in [6, 6.07) is 13.5. The van der Waals surface area contributed by atoms with Gasteiger partial charge in [0.15, 0.2) is 6.10 Å². The molecule has 2 aromatic carbocycles. The SMILES string of the molecule is Cc1cccc(CCC(=O)Nc2ccc3c(c2)N(C)C(=O)C(C)O3)c1. The summed E-state index contributed by atoms with van der Waals surface area (Å²) < 4.78 is 5.59. The Bertz CT molecular complexity index is 816. The van der Waals surface area contributed by atoms with Crippen molar-refractivity contribution >= 4 is 23.2 Å². The van der Waals surface area contributed by atoms with E-state index in [1.807, 2.05) is 25.1 Å². The van der Waals surface area contributed by atoms with Gasteiger partial charge in [-0.2, -0.15) is 0 Å². The lowest BCUT2D eigenvalue weighted by molar-refractivity contribution is -0.125. The van der Waals surface area contributed by atoms with Crippen LogP contribution in [-0.2, 0) is 16.0 Å². The number of anilines is 2. The van der Waals surface area contributed by atoms with E-state index in [-0.39, 0.29) is 11.8 Å². The largest absolute Gasteiger partial charge is 0.479 e. The van der Waals surface area contributed by atoms with Crippen molar-refractivity contribution in [1.82, 2.24) is 0 Å². The Morgan fingerprint density at radius 2 is 2.04 bits per heavy atom. The van der Waals surface area contributed by atoms with E-state index in [1.54, 1.807) is 37.1 Å². The third-order valence-corrected chi connectivity index (χ3v) is 4.31. The van der Waals surface area contributed by atoms with E-state index in [0.29, 0.717) is 30.0 Å². The highest BCUT2D eigenvalue weighted by Crippen LogP contribution is 2.35. The summed E-state index contributed by atoms with van der Waals surface area (Å²) in [5.41, 5.74) is 3.66. The number of carbonyl (C=O) groups is 2. The van der Waals surface area contributed by atoms with Crippen LogP contribution in [0.15, 0.2) is 42.5 Å². The van der Waals surface area contributed by atoms with Gasteiger partial charge < -0.3 is 15.0 Å². The second-order valence-electron chi connectivity index (χ2n) is 6.38. The number of fused-ring (bicyclic) bond motifs is 1. The zero-order valence-electron chi connectivity index (χ0n) is 14.7. The second-order valence-corrected chi connectivity index (χ2v) is 6.38. The molecule has 0 spiro atoms. The van der Waals surface area contributed by atoms with Gasteiger partial charge in [-0.1, -0.05) is 29.8 Å². The summed E-state index contributed by atoms with van der Waals surface area (Å²) in [6.07, 6.45) is 0.604. The van der Waals surface area contributed by atoms with Crippen LogP contribution in [0.2, 0.25) is 0 Å². The first-order valence-corrected chi connectivity index (χ1v) is 8.38. The highest BCUT2D eigenvalue weighted by Gasteiger charge is 2.28. The molecule has 1 N–H and O–H groups in total. The van der Waals surface area contributed by atoms with Crippen LogP contribution in [0.1, 0.15) is 24.5 Å². The fourth-order valence-electron chi connectivity index (χ4n) is 2.94. The molecule has 1 heterocycles. The summed E-state index contributed by atoms with van der Waals surface area (Å²) in [5.74, 6) is 0.489. The predicted molar refractivity (Wildman–Crippen MR) is 98.1 cm³/mol. The Labute approximate surface area is 147 Å². The van der Waals surface area contributed by atoms with Gasteiger partial charge in [-0.05, 0) is 44.0 Å². The molecule has 0 aromatic heterocycles. The molecule has 2 amide bonds. The number of benzene rings is 2. The first kappa shape index (κ1) is 17.0. The van der Waals surface area contributed by atoms with Gasteiger partial charge in [-0.25, -0.2) is 0 Å². The van der Waals surface area contributed by atoms with Crippen molar-refractivity contribution in [1.29, 1.82) is 0 Å². The molecule has 0 fully saturated rings. The van der Waals surface area contributed by atoms with Crippen molar-refractivity contribution in [3.05, 3.63) is 53.6 Å². The van der Waals surface area contributed by atoms with Crippen LogP contribution in [0.5, 0.6) is 5.75 Å². The van der Waals surface area contributed by atoms with Crippen LogP contribution < -0.4 is 15.0 Å². The van der Waals surface area contributed by atoms with Crippen molar-refractivity contribution in [2.24, 2.45) is 0 Å². The fraction of sp³-hybridized carbons (Fsp3) is 0.300. The number of hydrogen-bond acceptors (Lipinski definition) is 3. The zero-order valence-corrected chi connectivity index (χ0v) is 14.7. The average molecular weight is 338 g/mol. The van der Waals surface area contributed by atoms with Gasteiger partial charge in [0.2, 0.25) is 5.91 Å².